The fourth-order valence-corrected chi connectivity index (χ4v) is 18.1. The Bertz CT molecular complexity index is 6220. The Morgan fingerprint density at radius 1 is 0.325 bits per heavy atom. The van der Waals surface area contributed by atoms with Gasteiger partial charge in [0, 0.05) is 160 Å². The Morgan fingerprint density at radius 2 is 0.624 bits per heavy atom. The van der Waals surface area contributed by atoms with E-state index in [2.05, 4.69) is 109 Å². The number of hydrogen-bond acceptors (Lipinski definition) is 4. The smallest absolute Gasteiger partial charge is 0.390 e. The van der Waals surface area contributed by atoms with Crippen LogP contribution < -0.4 is 19.6 Å². The molecule has 6 aliphatic rings. The number of allylic oxidation sites excluding steroid dienone is 6. The van der Waals surface area contributed by atoms with Crippen LogP contribution in [0.2, 0.25) is 0 Å². The molecule has 0 radical (unpaired) electrons. The molecule has 0 N–H and O–H groups in total. The zero-order valence-electron chi connectivity index (χ0n) is 67.6. The first kappa shape index (κ1) is 74.6. The summed E-state index contributed by atoms with van der Waals surface area (Å²) in [7, 11) is 15.9. The van der Waals surface area contributed by atoms with Gasteiger partial charge in [0.25, 0.3) is 0 Å². The minimum Gasteiger partial charge on any atom is -0.390 e. The minimum atomic E-state index is -4.42. The monoisotopic (exact) mass is 1530 g/mol. The first-order chi connectivity index (χ1) is 56.4. The first-order valence-electron chi connectivity index (χ1n) is 39.7. The molecule has 14 heteroatoms. The van der Waals surface area contributed by atoms with Crippen molar-refractivity contribution in [2.45, 2.75) is 33.1 Å². The molecule has 12 aromatic rings. The van der Waals surface area contributed by atoms with Crippen molar-refractivity contribution in [2.75, 3.05) is 76.0 Å². The lowest BCUT2D eigenvalue weighted by Crippen LogP contribution is -2.51. The molecule has 2 aliphatic carbocycles. The Morgan fingerprint density at radius 3 is 0.957 bits per heavy atom. The van der Waals surface area contributed by atoms with Crippen LogP contribution in [-0.2, 0) is 5.41 Å². The number of aromatic nitrogens is 2. The zero-order valence-corrected chi connectivity index (χ0v) is 67.6. The lowest BCUT2D eigenvalue weighted by molar-refractivity contribution is -0.362. The molecule has 10 aromatic carbocycles. The highest BCUT2D eigenvalue weighted by molar-refractivity contribution is 6.59. The van der Waals surface area contributed by atoms with Gasteiger partial charge in [-0.3, -0.25) is 0 Å². The molecule has 0 atom stereocenters. The number of hydrogen-bond donors (Lipinski definition) is 0. The summed E-state index contributed by atoms with van der Waals surface area (Å²) < 4.78 is 77.5. The molecule has 8 nitrogen and oxygen atoms in total. The van der Waals surface area contributed by atoms with Crippen LogP contribution in [0.4, 0.5) is 40.0 Å². The second-order valence-corrected chi connectivity index (χ2v) is 32.1. The third-order valence-electron chi connectivity index (χ3n) is 23.8. The van der Waals surface area contributed by atoms with Crippen molar-refractivity contribution in [3.8, 4) is 45.9 Å². The maximum atomic E-state index is 18.1. The van der Waals surface area contributed by atoms with Crippen molar-refractivity contribution in [1.82, 2.24) is 8.96 Å². The summed E-state index contributed by atoms with van der Waals surface area (Å²) in [5, 5.41) is 0. The Hall–Kier alpha value is -13.8. The topological polar surface area (TPSA) is 28.8 Å². The number of fused-ring (bicyclic) bond motifs is 14. The molecular weight excluding hydrogens is 1450 g/mol. The second-order valence-electron chi connectivity index (χ2n) is 32.1. The number of nitrogens with zero attached hydrogens (tertiary/aromatic N) is 8. The van der Waals surface area contributed by atoms with E-state index in [1.807, 2.05) is 322 Å². The van der Waals surface area contributed by atoms with Crippen LogP contribution in [0.5, 0.6) is 0 Å². The van der Waals surface area contributed by atoms with Gasteiger partial charge in [0.1, 0.15) is 0 Å². The highest BCUT2D eigenvalue weighted by Crippen LogP contribution is 2.63. The maximum absolute atomic E-state index is 18.1. The van der Waals surface area contributed by atoms with Crippen molar-refractivity contribution in [3.63, 3.8) is 0 Å². The van der Waals surface area contributed by atoms with Gasteiger partial charge in [-0.1, -0.05) is 169 Å². The van der Waals surface area contributed by atoms with Gasteiger partial charge in [0.05, 0.1) is 16.6 Å². The van der Waals surface area contributed by atoms with Crippen molar-refractivity contribution < 1.29 is 26.2 Å². The van der Waals surface area contributed by atoms with E-state index in [4.69, 9.17) is 0 Å². The van der Waals surface area contributed by atoms with E-state index >= 15 is 17.3 Å². The van der Waals surface area contributed by atoms with Gasteiger partial charge in [-0.15, -0.1) is 0 Å². The summed E-state index contributed by atoms with van der Waals surface area (Å²) in [6.45, 7) is -1.11. The molecule has 117 heavy (non-hydrogen) atoms. The van der Waals surface area contributed by atoms with Crippen molar-refractivity contribution >= 4 is 95.7 Å². The molecule has 0 saturated heterocycles. The molecule has 1 spiro atoms. The van der Waals surface area contributed by atoms with Crippen LogP contribution >= 0.6 is 0 Å². The molecular formula is C103H86B2F4N8. The van der Waals surface area contributed by atoms with Crippen LogP contribution in [-0.4, -0.2) is 99.7 Å². The van der Waals surface area contributed by atoms with Gasteiger partial charge in [-0.05, 0) is 250 Å². The summed E-state index contributed by atoms with van der Waals surface area (Å²) >= 11 is 0. The van der Waals surface area contributed by atoms with Crippen LogP contribution in [0.1, 0.15) is 126 Å². The van der Waals surface area contributed by atoms with Crippen LogP contribution in [0, 0.1) is 37.5 Å². The van der Waals surface area contributed by atoms with E-state index < -0.39 is 19.4 Å². The second kappa shape index (κ2) is 28.9. The molecule has 0 saturated carbocycles. The number of anilines is 4. The van der Waals surface area contributed by atoms with Gasteiger partial charge in [-0.2, -0.15) is 0 Å². The molecule has 0 unspecified atom stereocenters. The van der Waals surface area contributed by atoms with E-state index in [-0.39, 0.29) is 0 Å². The molecule has 4 aliphatic heterocycles. The Labute approximate surface area is 683 Å². The summed E-state index contributed by atoms with van der Waals surface area (Å²) in [5.74, 6) is 14.2. The van der Waals surface area contributed by atoms with Crippen molar-refractivity contribution in [3.05, 3.63) is 401 Å². The molecule has 0 fully saturated rings. The van der Waals surface area contributed by atoms with Gasteiger partial charge in [0.15, 0.2) is 22.8 Å². The summed E-state index contributed by atoms with van der Waals surface area (Å²) in [6.07, 6.45) is 18.6. The SMILES string of the molecule is CC1=CC(/C=C/c2ccc(N(C)C)cc2)=[N+]2C1=C(c1ccc(C#Cc3ccc4c(c3)C3(c5ccccc5-4)c4ccccc4-c4ccc(C#Cc5ccc(C6=C7C(C)=CC(/C=C/c8ccc(N(C)C)cc8)=[N+]7[B-](F)(F)n7c(/C=C/c8ccc(N(C)C)cc8)cc(C)c76)cc5)cc43)cc1)c1c(C)cc(/C=C/c3ccc(N(C)C)cc3)n1[B-]2(F)F. The van der Waals surface area contributed by atoms with Gasteiger partial charge < -0.3 is 54.8 Å². The number of rotatable bonds is 14. The predicted molar refractivity (Wildman–Crippen MR) is 482 cm³/mol. The number of aryl methyl sites for hydroxylation is 2. The van der Waals surface area contributed by atoms with E-state index in [0.717, 1.165) is 145 Å². The number of halogens is 4. The fourth-order valence-electron chi connectivity index (χ4n) is 18.1. The molecule has 18 rings (SSSR count). The maximum Gasteiger partial charge on any atom is 0.737 e. The zero-order chi connectivity index (χ0) is 81.1. The van der Waals surface area contributed by atoms with Crippen LogP contribution in [0.3, 0.4) is 0 Å². The standard InChI is InChI=1S/C103H86B2F4N8/c1-67-61-85(55-37-73-29-47-81(48-30-73)110(5)6)114-99(67)97(100-68(2)62-86(115(100)104(114,106)107)56-38-74-31-49-82(50-32-74)111(7)8)79-43-25-71(26-44-79)21-23-77-41-59-91-89-17-13-15-19-93(89)103(95(91)65-77)94-20-16-14-18-90(94)92-60-42-78(66-96(92)103)24-22-72-27-45-80(46-28-72)98-101-69(3)63-87(57-39-75-33-51-83(52-34-75)112(9)10)116(101)105(108,109)117-88(64-70(4)102(98)117)58-40-76-35-53-84(54-36-76)113(11)12/h13-20,25-66H,1-12H3/b55-37+,56-38+,57-39+,58-40+. The quantitative estimate of drug-likeness (QED) is 0.0616. The van der Waals surface area contributed by atoms with Crippen molar-refractivity contribution in [2.24, 2.45) is 0 Å². The average molecular weight is 1530 g/mol. The van der Waals surface area contributed by atoms with Gasteiger partial charge in [-0.25, -0.2) is 0 Å². The third-order valence-corrected chi connectivity index (χ3v) is 23.8. The van der Waals surface area contributed by atoms with Gasteiger partial charge >= 0.3 is 13.9 Å². The Kier molecular flexibility index (Phi) is 18.4. The molecule has 2 aromatic heterocycles. The summed E-state index contributed by atoms with van der Waals surface area (Å²) in [6, 6.07) is 82.8. The molecule has 0 amide bonds. The first-order valence-corrected chi connectivity index (χ1v) is 39.7. The van der Waals surface area contributed by atoms with Crippen LogP contribution in [0.25, 0.3) is 69.9 Å². The highest BCUT2D eigenvalue weighted by atomic mass is 19.3. The van der Waals surface area contributed by atoms with Crippen molar-refractivity contribution in [1.29, 1.82) is 0 Å². The lowest BCUT2D eigenvalue weighted by Gasteiger charge is -2.34. The molecule has 6 heterocycles. The number of benzene rings is 10. The normalized spacial score (nSPS) is 15.4. The Balaban J connectivity index is 0.685. The van der Waals surface area contributed by atoms with E-state index in [0.29, 0.717) is 45.6 Å². The van der Waals surface area contributed by atoms with E-state index in [1.165, 1.54) is 29.1 Å². The van der Waals surface area contributed by atoms with Crippen LogP contribution in [0.15, 0.2) is 289 Å². The van der Waals surface area contributed by atoms with E-state index in [1.54, 1.807) is 0 Å². The molecule has 0 bridgehead atoms. The largest absolute Gasteiger partial charge is 0.737 e. The highest BCUT2D eigenvalue weighted by Gasteiger charge is 2.58. The fraction of sp³-hybridized carbons (Fsp3) is 0.126. The average Bonchev–Trinajstić information content (AvgIpc) is 1.46. The summed E-state index contributed by atoms with van der Waals surface area (Å²) in [4.78, 5) is 8.13. The van der Waals surface area contributed by atoms with Gasteiger partial charge in [0.2, 0.25) is 0 Å². The molecule has 572 valence electrons. The minimum absolute atomic E-state index is 0.408. The summed E-state index contributed by atoms with van der Waals surface area (Å²) in [5.41, 5.74) is 29.1. The predicted octanol–water partition coefficient (Wildman–Crippen LogP) is 21.9. The third kappa shape index (κ3) is 12.7. The lowest BCUT2D eigenvalue weighted by atomic mass is 9.70. The van der Waals surface area contributed by atoms with E-state index in [9.17, 15) is 0 Å².